The van der Waals surface area contributed by atoms with E-state index in [9.17, 15) is 0 Å². The third-order valence-electron chi connectivity index (χ3n) is 1.99. The van der Waals surface area contributed by atoms with E-state index >= 15 is 0 Å². The van der Waals surface area contributed by atoms with Gasteiger partial charge in [-0.05, 0) is 24.1 Å². The van der Waals surface area contributed by atoms with Gasteiger partial charge in [0.1, 0.15) is 0 Å². The Morgan fingerprint density at radius 3 is 1.83 bits per heavy atom. The third kappa shape index (κ3) is 2.73. The summed E-state index contributed by atoms with van der Waals surface area (Å²) in [5.74, 6) is 0.591. The highest BCUT2D eigenvalue weighted by Crippen LogP contribution is 2.24. The van der Waals surface area contributed by atoms with Crippen LogP contribution in [0, 0.1) is 5.92 Å². The van der Waals surface area contributed by atoms with Crippen molar-refractivity contribution < 1.29 is 8.85 Å². The van der Waals surface area contributed by atoms with Gasteiger partial charge in [-0.3, -0.25) is 0 Å². The zero-order valence-electron chi connectivity index (χ0n) is 8.81. The fraction of sp³-hybridized carbons (Fsp3) is 0.778. The molecule has 0 unspecified atom stereocenters. The van der Waals surface area contributed by atoms with Crippen LogP contribution in [0.3, 0.4) is 0 Å². The molecule has 0 heterocycles. The van der Waals surface area contributed by atoms with Crippen molar-refractivity contribution in [3.05, 3.63) is 11.8 Å². The molecule has 0 fully saturated rings. The Morgan fingerprint density at radius 2 is 1.75 bits per heavy atom. The lowest BCUT2D eigenvalue weighted by Gasteiger charge is -2.29. The lowest BCUT2D eigenvalue weighted by atomic mass is 10.3. The Bertz CT molecular complexity index is 151. The lowest BCUT2D eigenvalue weighted by Crippen LogP contribution is -2.42. The minimum absolute atomic E-state index is 0.591. The van der Waals surface area contributed by atoms with Gasteiger partial charge in [-0.1, -0.05) is 20.4 Å². The number of rotatable bonds is 5. The van der Waals surface area contributed by atoms with E-state index in [0.717, 1.165) is 11.2 Å². The van der Waals surface area contributed by atoms with E-state index in [1.165, 1.54) is 0 Å². The first-order valence-corrected chi connectivity index (χ1v) is 6.27. The molecule has 0 aromatic rings. The van der Waals surface area contributed by atoms with E-state index in [2.05, 4.69) is 20.4 Å². The fourth-order valence-corrected chi connectivity index (χ4v) is 3.93. The van der Waals surface area contributed by atoms with Crippen molar-refractivity contribution in [2.24, 2.45) is 5.92 Å². The lowest BCUT2D eigenvalue weighted by molar-refractivity contribution is 0.246. The smallest absolute Gasteiger partial charge is 0.367 e. The van der Waals surface area contributed by atoms with Crippen LogP contribution in [0.25, 0.3) is 0 Å². The maximum atomic E-state index is 5.48. The van der Waals surface area contributed by atoms with Crippen LogP contribution in [0.2, 0.25) is 6.04 Å². The SMILES string of the molecule is C=C(C)[Si](CC(C)C)(OC)OC. The molecule has 0 atom stereocenters. The van der Waals surface area contributed by atoms with E-state index < -0.39 is 8.56 Å². The second-order valence-electron chi connectivity index (χ2n) is 3.54. The van der Waals surface area contributed by atoms with E-state index in [-0.39, 0.29) is 0 Å². The molecule has 0 aliphatic heterocycles. The monoisotopic (exact) mass is 188 g/mol. The van der Waals surface area contributed by atoms with Crippen molar-refractivity contribution in [1.29, 1.82) is 0 Å². The molecule has 0 aromatic carbocycles. The standard InChI is InChI=1S/C9H20O2Si/c1-8(2)7-12(10-5,11-6)9(3)4/h8H,3,7H2,1-2,4-6H3. The summed E-state index contributed by atoms with van der Waals surface area (Å²) in [4.78, 5) is 0. The maximum Gasteiger partial charge on any atom is 0.367 e. The topological polar surface area (TPSA) is 18.5 Å². The normalized spacial score (nSPS) is 12.2. The highest BCUT2D eigenvalue weighted by Gasteiger charge is 2.37. The third-order valence-corrected chi connectivity index (χ3v) is 5.96. The molecule has 0 aromatic heterocycles. The van der Waals surface area contributed by atoms with Crippen LogP contribution < -0.4 is 0 Å². The summed E-state index contributed by atoms with van der Waals surface area (Å²) in [7, 11) is 1.35. The Kier molecular flexibility index (Phi) is 4.75. The molecular formula is C9H20O2Si. The molecule has 0 spiro atoms. The van der Waals surface area contributed by atoms with Gasteiger partial charge in [0.2, 0.25) is 0 Å². The van der Waals surface area contributed by atoms with E-state index in [1.807, 2.05) is 6.92 Å². The summed E-state index contributed by atoms with van der Waals surface area (Å²) in [6, 6.07) is 0.981. The minimum Gasteiger partial charge on any atom is -0.395 e. The first-order chi connectivity index (χ1) is 5.48. The molecule has 72 valence electrons. The van der Waals surface area contributed by atoms with Crippen molar-refractivity contribution in [1.82, 2.24) is 0 Å². The second-order valence-corrected chi connectivity index (χ2v) is 7.12. The minimum atomic E-state index is -2.08. The molecule has 3 heteroatoms. The average Bonchev–Trinajstić information content (AvgIpc) is 1.99. The number of hydrogen-bond acceptors (Lipinski definition) is 2. The highest BCUT2D eigenvalue weighted by molar-refractivity contribution is 6.74. The van der Waals surface area contributed by atoms with Crippen molar-refractivity contribution in [3.8, 4) is 0 Å². The van der Waals surface area contributed by atoms with Gasteiger partial charge in [-0.25, -0.2) is 0 Å². The summed E-state index contributed by atoms with van der Waals surface area (Å²) in [6.07, 6.45) is 0. The van der Waals surface area contributed by atoms with Gasteiger partial charge in [0.25, 0.3) is 0 Å². The van der Waals surface area contributed by atoms with Gasteiger partial charge in [0.05, 0.1) is 0 Å². The molecule has 2 nitrogen and oxygen atoms in total. The van der Waals surface area contributed by atoms with Crippen LogP contribution in [-0.4, -0.2) is 22.8 Å². The van der Waals surface area contributed by atoms with Crippen LogP contribution in [0.1, 0.15) is 20.8 Å². The molecule has 0 saturated heterocycles. The van der Waals surface area contributed by atoms with E-state index in [0.29, 0.717) is 5.92 Å². The summed E-state index contributed by atoms with van der Waals surface area (Å²) < 4.78 is 11.0. The number of allylic oxidation sites excluding steroid dienone is 1. The van der Waals surface area contributed by atoms with Crippen LogP contribution in [0.15, 0.2) is 11.8 Å². The van der Waals surface area contributed by atoms with Gasteiger partial charge in [-0.2, -0.15) is 0 Å². The molecule has 12 heavy (non-hydrogen) atoms. The molecule has 0 saturated carbocycles. The summed E-state index contributed by atoms with van der Waals surface area (Å²) in [5.41, 5.74) is 0. The van der Waals surface area contributed by atoms with Crippen molar-refractivity contribution >= 4 is 8.56 Å². The maximum absolute atomic E-state index is 5.48. The van der Waals surface area contributed by atoms with E-state index in [4.69, 9.17) is 8.85 Å². The predicted octanol–water partition coefficient (Wildman–Crippen LogP) is 2.49. The zero-order valence-corrected chi connectivity index (χ0v) is 9.81. The Balaban J connectivity index is 4.46. The molecule has 0 radical (unpaired) electrons. The molecule has 0 aliphatic carbocycles. The van der Waals surface area contributed by atoms with Crippen LogP contribution in [0.5, 0.6) is 0 Å². The van der Waals surface area contributed by atoms with Gasteiger partial charge in [0, 0.05) is 14.2 Å². The summed E-state index contributed by atoms with van der Waals surface area (Å²) >= 11 is 0. The molecule has 0 N–H and O–H groups in total. The van der Waals surface area contributed by atoms with Crippen LogP contribution >= 0.6 is 0 Å². The zero-order chi connectivity index (χ0) is 9.78. The fourth-order valence-electron chi connectivity index (χ4n) is 1.31. The van der Waals surface area contributed by atoms with Gasteiger partial charge >= 0.3 is 8.56 Å². The number of hydrogen-bond donors (Lipinski definition) is 0. The predicted molar refractivity (Wildman–Crippen MR) is 54.2 cm³/mol. The summed E-state index contributed by atoms with van der Waals surface area (Å²) in [5, 5.41) is 1.06. The Labute approximate surface area is 76.8 Å². The van der Waals surface area contributed by atoms with Crippen LogP contribution in [0.4, 0.5) is 0 Å². The Hall–Kier alpha value is -0.123. The van der Waals surface area contributed by atoms with Crippen LogP contribution in [-0.2, 0) is 8.85 Å². The van der Waals surface area contributed by atoms with Gasteiger partial charge < -0.3 is 8.85 Å². The largest absolute Gasteiger partial charge is 0.395 e. The summed E-state index contributed by atoms with van der Waals surface area (Å²) in [6.45, 7) is 10.3. The molecule has 0 bridgehead atoms. The molecule has 0 rings (SSSR count). The van der Waals surface area contributed by atoms with Crippen molar-refractivity contribution in [3.63, 3.8) is 0 Å². The average molecular weight is 188 g/mol. The molecular weight excluding hydrogens is 168 g/mol. The second kappa shape index (κ2) is 4.79. The Morgan fingerprint density at radius 1 is 1.33 bits per heavy atom. The first-order valence-electron chi connectivity index (χ1n) is 4.24. The van der Waals surface area contributed by atoms with Crippen molar-refractivity contribution in [2.75, 3.05) is 14.2 Å². The highest BCUT2D eigenvalue weighted by atomic mass is 28.4. The van der Waals surface area contributed by atoms with Gasteiger partial charge in [-0.15, -0.1) is 0 Å². The molecule has 0 aliphatic rings. The van der Waals surface area contributed by atoms with Gasteiger partial charge in [0.15, 0.2) is 0 Å². The molecule has 0 amide bonds. The first kappa shape index (κ1) is 11.9. The van der Waals surface area contributed by atoms with E-state index in [1.54, 1.807) is 14.2 Å². The quantitative estimate of drug-likeness (QED) is 0.617. The van der Waals surface area contributed by atoms with Crippen molar-refractivity contribution in [2.45, 2.75) is 26.8 Å².